The van der Waals surface area contributed by atoms with E-state index in [0.717, 1.165) is 21.7 Å². The molecule has 0 aliphatic heterocycles. The van der Waals surface area contributed by atoms with Gasteiger partial charge < -0.3 is 4.42 Å². The molecule has 1 atom stereocenters. The van der Waals surface area contributed by atoms with Crippen molar-refractivity contribution in [2.75, 3.05) is 0 Å². The van der Waals surface area contributed by atoms with Crippen LogP contribution in [-0.4, -0.2) is 0 Å². The molecule has 16 heavy (non-hydrogen) atoms. The molecule has 3 nitrogen and oxygen atoms in total. The first-order chi connectivity index (χ1) is 7.72. The molecule has 4 heteroatoms. The lowest BCUT2D eigenvalue weighted by Crippen LogP contribution is -2.28. The van der Waals surface area contributed by atoms with Gasteiger partial charge in [0.2, 0.25) is 0 Å². The predicted molar refractivity (Wildman–Crippen MR) is 64.1 cm³/mol. The molecule has 0 bridgehead atoms. The van der Waals surface area contributed by atoms with E-state index in [-0.39, 0.29) is 6.04 Å². The highest BCUT2D eigenvalue weighted by atomic mass is 35.5. The fourth-order valence-corrected chi connectivity index (χ4v) is 1.79. The summed E-state index contributed by atoms with van der Waals surface area (Å²) in [6.45, 7) is 1.97. The van der Waals surface area contributed by atoms with Crippen molar-refractivity contribution in [3.8, 4) is 0 Å². The highest BCUT2D eigenvalue weighted by Crippen LogP contribution is 2.25. The molecule has 0 amide bonds. The van der Waals surface area contributed by atoms with Crippen molar-refractivity contribution in [2.24, 2.45) is 5.84 Å². The fourth-order valence-electron chi connectivity index (χ4n) is 1.67. The van der Waals surface area contributed by atoms with E-state index in [1.807, 2.05) is 31.2 Å². The lowest BCUT2D eigenvalue weighted by Gasteiger charge is -2.15. The Kier molecular flexibility index (Phi) is 3.29. The summed E-state index contributed by atoms with van der Waals surface area (Å²) in [7, 11) is 0. The smallest absolute Gasteiger partial charge is 0.0954 e. The first kappa shape index (κ1) is 11.2. The van der Waals surface area contributed by atoms with Gasteiger partial charge in [-0.15, -0.1) is 0 Å². The molecule has 0 aliphatic carbocycles. The van der Waals surface area contributed by atoms with Crippen LogP contribution in [0.15, 0.2) is 41.2 Å². The van der Waals surface area contributed by atoms with Gasteiger partial charge in [-0.1, -0.05) is 23.7 Å². The van der Waals surface area contributed by atoms with Crippen molar-refractivity contribution < 1.29 is 4.42 Å². The van der Waals surface area contributed by atoms with Crippen LogP contribution in [0.1, 0.15) is 22.7 Å². The molecular weight excluding hydrogens is 224 g/mol. The Morgan fingerprint density at radius 1 is 1.31 bits per heavy atom. The molecule has 0 radical (unpaired) electrons. The Bertz CT molecular complexity index is 468. The quantitative estimate of drug-likeness (QED) is 0.637. The molecule has 1 unspecified atom stereocenters. The molecule has 84 valence electrons. The number of hydrogen-bond donors (Lipinski definition) is 2. The Hall–Kier alpha value is -1.29. The number of hydrogen-bond acceptors (Lipinski definition) is 3. The van der Waals surface area contributed by atoms with Gasteiger partial charge >= 0.3 is 0 Å². The zero-order valence-corrected chi connectivity index (χ0v) is 9.66. The van der Waals surface area contributed by atoms with Crippen molar-refractivity contribution in [2.45, 2.75) is 13.0 Å². The Morgan fingerprint density at radius 3 is 2.69 bits per heavy atom. The summed E-state index contributed by atoms with van der Waals surface area (Å²) in [6, 6.07) is 7.65. The molecule has 0 saturated carbocycles. The van der Waals surface area contributed by atoms with Crippen LogP contribution in [0.5, 0.6) is 0 Å². The highest BCUT2D eigenvalue weighted by molar-refractivity contribution is 6.31. The zero-order valence-electron chi connectivity index (χ0n) is 8.91. The lowest BCUT2D eigenvalue weighted by atomic mass is 10.0. The first-order valence-corrected chi connectivity index (χ1v) is 5.34. The minimum Gasteiger partial charge on any atom is -0.472 e. The van der Waals surface area contributed by atoms with E-state index >= 15 is 0 Å². The maximum atomic E-state index is 5.98. The van der Waals surface area contributed by atoms with E-state index in [4.69, 9.17) is 21.9 Å². The highest BCUT2D eigenvalue weighted by Gasteiger charge is 2.13. The van der Waals surface area contributed by atoms with Gasteiger partial charge in [-0.25, -0.2) is 5.43 Å². The minimum absolute atomic E-state index is 0.0743. The molecular formula is C12H13ClN2O. The first-order valence-electron chi connectivity index (χ1n) is 4.96. The van der Waals surface area contributed by atoms with Crippen LogP contribution in [0, 0.1) is 6.92 Å². The fraction of sp³-hybridized carbons (Fsp3) is 0.167. The van der Waals surface area contributed by atoms with E-state index in [1.165, 1.54) is 0 Å². The van der Waals surface area contributed by atoms with Crippen molar-refractivity contribution >= 4 is 11.6 Å². The average molecular weight is 237 g/mol. The van der Waals surface area contributed by atoms with E-state index < -0.39 is 0 Å². The molecule has 2 rings (SSSR count). The summed E-state index contributed by atoms with van der Waals surface area (Å²) in [5, 5.41) is 0.756. The van der Waals surface area contributed by atoms with Gasteiger partial charge in [0, 0.05) is 10.6 Å². The van der Waals surface area contributed by atoms with Gasteiger partial charge in [-0.3, -0.25) is 5.84 Å². The Labute approximate surface area is 99.2 Å². The molecule has 1 aromatic heterocycles. The number of hydrazine groups is 1. The van der Waals surface area contributed by atoms with E-state index in [0.29, 0.717) is 0 Å². The van der Waals surface area contributed by atoms with Crippen LogP contribution in [0.3, 0.4) is 0 Å². The maximum Gasteiger partial charge on any atom is 0.0954 e. The number of nitrogens with two attached hydrogens (primary N) is 1. The Morgan fingerprint density at radius 2 is 2.12 bits per heavy atom. The number of furan rings is 1. The predicted octanol–water partition coefficient (Wildman–Crippen LogP) is 2.79. The monoisotopic (exact) mass is 236 g/mol. The Balaban J connectivity index is 2.37. The van der Waals surface area contributed by atoms with Crippen molar-refractivity contribution in [1.82, 2.24) is 5.43 Å². The number of halogens is 1. The third-order valence-electron chi connectivity index (χ3n) is 2.56. The molecule has 0 aliphatic rings. The summed E-state index contributed by atoms with van der Waals surface area (Å²) in [6.07, 6.45) is 3.30. The van der Waals surface area contributed by atoms with Gasteiger partial charge in [0.05, 0.1) is 18.6 Å². The van der Waals surface area contributed by atoms with E-state index in [1.54, 1.807) is 12.5 Å². The SMILES string of the molecule is Cc1cc(C(NN)c2ccoc2)ccc1Cl. The summed E-state index contributed by atoms with van der Waals surface area (Å²) < 4.78 is 5.05. The minimum atomic E-state index is -0.0743. The van der Waals surface area contributed by atoms with E-state index in [9.17, 15) is 0 Å². The summed E-state index contributed by atoms with van der Waals surface area (Å²) in [5.74, 6) is 5.56. The van der Waals surface area contributed by atoms with Gasteiger partial charge in [0.15, 0.2) is 0 Å². The molecule has 1 heterocycles. The van der Waals surface area contributed by atoms with Crippen LogP contribution in [-0.2, 0) is 0 Å². The zero-order chi connectivity index (χ0) is 11.5. The molecule has 3 N–H and O–H groups in total. The standard InChI is InChI=1S/C12H13ClN2O/c1-8-6-9(2-3-11(8)13)12(15-14)10-4-5-16-7-10/h2-7,12,15H,14H2,1H3. The van der Waals surface area contributed by atoms with Crippen LogP contribution in [0.2, 0.25) is 5.02 Å². The summed E-state index contributed by atoms with van der Waals surface area (Å²) >= 11 is 5.98. The number of rotatable bonds is 3. The number of nitrogens with one attached hydrogen (secondary N) is 1. The third-order valence-corrected chi connectivity index (χ3v) is 2.98. The second-order valence-corrected chi connectivity index (χ2v) is 4.07. The molecule has 0 fully saturated rings. The summed E-state index contributed by atoms with van der Waals surface area (Å²) in [4.78, 5) is 0. The second kappa shape index (κ2) is 4.70. The van der Waals surface area contributed by atoms with E-state index in [2.05, 4.69) is 5.43 Å². The van der Waals surface area contributed by atoms with Gasteiger partial charge in [0.1, 0.15) is 0 Å². The van der Waals surface area contributed by atoms with Crippen LogP contribution >= 0.6 is 11.6 Å². The van der Waals surface area contributed by atoms with Crippen molar-refractivity contribution in [3.63, 3.8) is 0 Å². The van der Waals surface area contributed by atoms with Gasteiger partial charge in [-0.05, 0) is 30.2 Å². The summed E-state index contributed by atoms with van der Waals surface area (Å²) in [5.41, 5.74) is 5.85. The van der Waals surface area contributed by atoms with Gasteiger partial charge in [-0.2, -0.15) is 0 Å². The number of aryl methyl sites for hydroxylation is 1. The average Bonchev–Trinajstić information content (AvgIpc) is 2.78. The van der Waals surface area contributed by atoms with Crippen LogP contribution < -0.4 is 11.3 Å². The molecule has 1 aromatic carbocycles. The molecule has 2 aromatic rings. The maximum absolute atomic E-state index is 5.98. The van der Waals surface area contributed by atoms with Crippen LogP contribution in [0.4, 0.5) is 0 Å². The topological polar surface area (TPSA) is 51.2 Å². The van der Waals surface area contributed by atoms with Gasteiger partial charge in [0.25, 0.3) is 0 Å². The normalized spacial score (nSPS) is 12.7. The lowest BCUT2D eigenvalue weighted by molar-refractivity contribution is 0.553. The largest absolute Gasteiger partial charge is 0.472 e. The second-order valence-electron chi connectivity index (χ2n) is 3.66. The van der Waals surface area contributed by atoms with Crippen LogP contribution in [0.25, 0.3) is 0 Å². The number of benzene rings is 1. The van der Waals surface area contributed by atoms with Crippen molar-refractivity contribution in [1.29, 1.82) is 0 Å². The third kappa shape index (κ3) is 2.11. The molecule has 0 spiro atoms. The molecule has 0 saturated heterocycles. The van der Waals surface area contributed by atoms with Crippen molar-refractivity contribution in [3.05, 3.63) is 58.5 Å².